The van der Waals surface area contributed by atoms with E-state index in [-0.39, 0.29) is 11.3 Å². The van der Waals surface area contributed by atoms with Gasteiger partial charge < -0.3 is 5.32 Å². The molecular weight excluding hydrogens is 344 g/mol. The molecule has 0 unspecified atom stereocenters. The summed E-state index contributed by atoms with van der Waals surface area (Å²) in [4.78, 5) is 22.7. The van der Waals surface area contributed by atoms with E-state index >= 15 is 0 Å². The minimum Gasteiger partial charge on any atom is -0.319 e. The summed E-state index contributed by atoms with van der Waals surface area (Å²) in [5.74, 6) is -0.557. The quantitative estimate of drug-likeness (QED) is 0.557. The van der Waals surface area contributed by atoms with Crippen molar-refractivity contribution in [3.05, 3.63) is 87.2 Å². The fourth-order valence-electron chi connectivity index (χ4n) is 2.31. The topological polar surface area (TPSA) is 90.1 Å². The second-order valence-electron chi connectivity index (χ2n) is 5.28. The number of hydrogen-bond donors (Lipinski definition) is 1. The van der Waals surface area contributed by atoms with Crippen molar-refractivity contribution in [1.29, 1.82) is 0 Å². The van der Waals surface area contributed by atoms with Crippen molar-refractivity contribution in [3.8, 4) is 0 Å². The first-order chi connectivity index (χ1) is 12.0. The van der Waals surface area contributed by atoms with Crippen LogP contribution in [0.2, 0.25) is 5.02 Å². The predicted octanol–water partition coefficient (Wildman–Crippen LogP) is 3.75. The van der Waals surface area contributed by atoms with Gasteiger partial charge in [0, 0.05) is 17.3 Å². The molecule has 0 saturated heterocycles. The van der Waals surface area contributed by atoms with Crippen LogP contribution in [0.4, 0.5) is 11.4 Å². The number of carbonyl (C=O) groups excluding carboxylic acids is 1. The van der Waals surface area contributed by atoms with Crippen LogP contribution in [0.1, 0.15) is 15.9 Å². The van der Waals surface area contributed by atoms with Gasteiger partial charge in [0.2, 0.25) is 0 Å². The van der Waals surface area contributed by atoms with Crippen molar-refractivity contribution in [2.24, 2.45) is 0 Å². The van der Waals surface area contributed by atoms with Crippen LogP contribution in [0.25, 0.3) is 0 Å². The lowest BCUT2D eigenvalue weighted by molar-refractivity contribution is -0.385. The summed E-state index contributed by atoms with van der Waals surface area (Å²) in [6.45, 7) is 0.512. The first kappa shape index (κ1) is 16.7. The van der Waals surface area contributed by atoms with E-state index in [9.17, 15) is 14.9 Å². The molecule has 1 aromatic heterocycles. The number of nitrogens with zero attached hydrogens (tertiary/aromatic N) is 3. The lowest BCUT2D eigenvalue weighted by atomic mass is 10.1. The molecule has 0 atom stereocenters. The van der Waals surface area contributed by atoms with E-state index in [1.165, 1.54) is 24.4 Å². The molecule has 0 radical (unpaired) electrons. The van der Waals surface area contributed by atoms with E-state index < -0.39 is 10.8 Å². The summed E-state index contributed by atoms with van der Waals surface area (Å²) < 4.78 is 1.65. The Bertz CT molecular complexity index is 922. The van der Waals surface area contributed by atoms with Crippen LogP contribution >= 0.6 is 11.6 Å². The molecule has 1 amide bonds. The molecule has 0 saturated carbocycles. The summed E-state index contributed by atoms with van der Waals surface area (Å²) in [6.07, 6.45) is 3.14. The van der Waals surface area contributed by atoms with E-state index in [1.807, 2.05) is 12.1 Å². The Morgan fingerprint density at radius 3 is 2.64 bits per heavy atom. The average molecular weight is 357 g/mol. The number of amides is 1. The van der Waals surface area contributed by atoms with Crippen LogP contribution in [-0.2, 0) is 6.54 Å². The molecule has 1 N–H and O–H groups in total. The highest BCUT2D eigenvalue weighted by Gasteiger charge is 2.19. The predicted molar refractivity (Wildman–Crippen MR) is 93.8 cm³/mol. The Labute approximate surface area is 148 Å². The maximum Gasteiger partial charge on any atom is 0.282 e. The van der Waals surface area contributed by atoms with Crippen molar-refractivity contribution in [1.82, 2.24) is 9.78 Å². The lowest BCUT2D eigenvalue weighted by Crippen LogP contribution is -2.13. The Hall–Kier alpha value is -3.19. The van der Waals surface area contributed by atoms with Crippen LogP contribution in [-0.4, -0.2) is 20.6 Å². The molecule has 3 rings (SSSR count). The van der Waals surface area contributed by atoms with Gasteiger partial charge in [-0.3, -0.25) is 19.6 Å². The van der Waals surface area contributed by atoms with Gasteiger partial charge in [0.1, 0.15) is 5.56 Å². The second kappa shape index (κ2) is 7.14. The molecule has 0 aliphatic heterocycles. The van der Waals surface area contributed by atoms with Crippen LogP contribution in [0.3, 0.4) is 0 Å². The third kappa shape index (κ3) is 4.02. The van der Waals surface area contributed by atoms with E-state index in [0.29, 0.717) is 17.3 Å². The van der Waals surface area contributed by atoms with Crippen molar-refractivity contribution >= 4 is 28.9 Å². The highest BCUT2D eigenvalue weighted by Crippen LogP contribution is 2.19. The van der Waals surface area contributed by atoms with Gasteiger partial charge in [0.25, 0.3) is 11.6 Å². The highest BCUT2D eigenvalue weighted by atomic mass is 35.5. The number of nitrogens with one attached hydrogen (secondary N) is 1. The molecule has 0 bridgehead atoms. The number of hydrogen-bond acceptors (Lipinski definition) is 4. The number of aromatic nitrogens is 2. The molecule has 126 valence electrons. The van der Waals surface area contributed by atoms with E-state index in [2.05, 4.69) is 10.4 Å². The number of benzene rings is 2. The summed E-state index contributed by atoms with van der Waals surface area (Å²) in [5.41, 5.74) is 1.22. The normalized spacial score (nSPS) is 10.4. The first-order valence-corrected chi connectivity index (χ1v) is 7.72. The largest absolute Gasteiger partial charge is 0.319 e. The van der Waals surface area contributed by atoms with Gasteiger partial charge in [-0.05, 0) is 23.8 Å². The van der Waals surface area contributed by atoms with E-state index in [4.69, 9.17) is 11.6 Å². The lowest BCUT2D eigenvalue weighted by Gasteiger charge is -2.04. The Morgan fingerprint density at radius 1 is 1.20 bits per heavy atom. The molecule has 0 aliphatic carbocycles. The smallest absolute Gasteiger partial charge is 0.282 e. The molecular formula is C17H13ClN4O3. The number of anilines is 1. The molecule has 0 spiro atoms. The third-order valence-corrected chi connectivity index (χ3v) is 3.75. The van der Waals surface area contributed by atoms with E-state index in [1.54, 1.807) is 29.1 Å². The van der Waals surface area contributed by atoms with Gasteiger partial charge in [-0.2, -0.15) is 5.10 Å². The monoisotopic (exact) mass is 356 g/mol. The Morgan fingerprint density at radius 2 is 1.92 bits per heavy atom. The minimum atomic E-state index is -0.584. The van der Waals surface area contributed by atoms with Gasteiger partial charge in [-0.1, -0.05) is 35.9 Å². The van der Waals surface area contributed by atoms with Gasteiger partial charge in [0.05, 0.1) is 23.4 Å². The average Bonchev–Trinajstić information content (AvgIpc) is 3.03. The van der Waals surface area contributed by atoms with Crippen molar-refractivity contribution in [2.45, 2.75) is 6.54 Å². The number of nitro benzene ring substituents is 1. The number of halogens is 1. The molecule has 8 heteroatoms. The fraction of sp³-hybridized carbons (Fsp3) is 0.0588. The summed E-state index contributed by atoms with van der Waals surface area (Å²) in [5, 5.41) is 18.5. The Balaban J connectivity index is 1.72. The van der Waals surface area contributed by atoms with Crippen LogP contribution in [0.15, 0.2) is 60.9 Å². The van der Waals surface area contributed by atoms with Crippen molar-refractivity contribution in [2.75, 3.05) is 5.32 Å². The minimum absolute atomic E-state index is 0.00190. The summed E-state index contributed by atoms with van der Waals surface area (Å²) in [6, 6.07) is 13.1. The fourth-order valence-corrected chi connectivity index (χ4v) is 2.44. The number of nitro groups is 1. The summed E-state index contributed by atoms with van der Waals surface area (Å²) in [7, 11) is 0. The van der Waals surface area contributed by atoms with Crippen LogP contribution in [0.5, 0.6) is 0 Å². The summed E-state index contributed by atoms with van der Waals surface area (Å²) >= 11 is 5.85. The van der Waals surface area contributed by atoms with Gasteiger partial charge in [0.15, 0.2) is 0 Å². The third-order valence-electron chi connectivity index (χ3n) is 3.49. The highest BCUT2D eigenvalue weighted by molar-refractivity contribution is 6.30. The van der Waals surface area contributed by atoms with Gasteiger partial charge >= 0.3 is 0 Å². The Kier molecular flexibility index (Phi) is 4.76. The molecule has 3 aromatic rings. The van der Waals surface area contributed by atoms with E-state index in [0.717, 1.165) is 5.56 Å². The second-order valence-corrected chi connectivity index (χ2v) is 5.72. The van der Waals surface area contributed by atoms with Gasteiger partial charge in [-0.25, -0.2) is 0 Å². The molecule has 7 nitrogen and oxygen atoms in total. The number of para-hydroxylation sites is 1. The molecule has 25 heavy (non-hydrogen) atoms. The number of carbonyl (C=O) groups is 1. The molecule has 0 aliphatic rings. The molecule has 1 heterocycles. The molecule has 2 aromatic carbocycles. The standard InChI is InChI=1S/C17H13ClN4O3/c18-13-7-5-12(6-8-13)10-21-11-14(9-19-21)20-17(23)15-3-1-2-4-16(15)22(24)25/h1-9,11H,10H2,(H,20,23). The first-order valence-electron chi connectivity index (χ1n) is 7.34. The SMILES string of the molecule is O=C(Nc1cnn(Cc2ccc(Cl)cc2)c1)c1ccccc1[N+](=O)[O-]. The maximum absolute atomic E-state index is 12.3. The maximum atomic E-state index is 12.3. The number of rotatable bonds is 5. The van der Waals surface area contributed by atoms with Crippen molar-refractivity contribution in [3.63, 3.8) is 0 Å². The van der Waals surface area contributed by atoms with Crippen LogP contribution in [0, 0.1) is 10.1 Å². The zero-order valence-electron chi connectivity index (χ0n) is 12.9. The van der Waals surface area contributed by atoms with Crippen molar-refractivity contribution < 1.29 is 9.72 Å². The molecule has 0 fully saturated rings. The van der Waals surface area contributed by atoms with Crippen LogP contribution < -0.4 is 5.32 Å². The van der Waals surface area contributed by atoms with Gasteiger partial charge in [-0.15, -0.1) is 0 Å². The zero-order chi connectivity index (χ0) is 17.8. The zero-order valence-corrected chi connectivity index (χ0v) is 13.7.